The Labute approximate surface area is 152 Å². The smallest absolute Gasteiger partial charge is 0.222 e. The van der Waals surface area contributed by atoms with Gasteiger partial charge in [-0.3, -0.25) is 9.48 Å². The topological polar surface area (TPSA) is 63.3 Å². The molecule has 26 heavy (non-hydrogen) atoms. The van der Waals surface area contributed by atoms with Crippen molar-refractivity contribution in [3.8, 4) is 0 Å². The predicted octanol–water partition coefficient (Wildman–Crippen LogP) is 2.87. The summed E-state index contributed by atoms with van der Waals surface area (Å²) in [5.74, 6) is 0.563. The summed E-state index contributed by atoms with van der Waals surface area (Å²) in [6, 6.07) is 8.26. The Morgan fingerprint density at radius 2 is 2.19 bits per heavy atom. The fourth-order valence-corrected chi connectivity index (χ4v) is 4.00. The fraction of sp³-hybridized carbons (Fsp3) is 0.400. The second-order valence-electron chi connectivity index (χ2n) is 7.08. The van der Waals surface area contributed by atoms with Gasteiger partial charge in [0.25, 0.3) is 0 Å². The number of carbonyl (C=O) groups excluding carboxylic acids is 1. The third kappa shape index (κ3) is 3.12. The summed E-state index contributed by atoms with van der Waals surface area (Å²) in [6.07, 6.45) is 7.11. The van der Waals surface area contributed by atoms with E-state index in [1.165, 1.54) is 0 Å². The summed E-state index contributed by atoms with van der Waals surface area (Å²) in [6.45, 7) is 1.59. The third-order valence-corrected chi connectivity index (χ3v) is 5.34. The Balaban J connectivity index is 1.47. The van der Waals surface area contributed by atoms with Gasteiger partial charge in [0.05, 0.1) is 18.5 Å². The Kier molecular flexibility index (Phi) is 4.51. The molecule has 1 aliphatic heterocycles. The van der Waals surface area contributed by atoms with Crippen LogP contribution in [0.25, 0.3) is 11.0 Å². The van der Waals surface area contributed by atoms with Crippen molar-refractivity contribution in [2.24, 2.45) is 13.0 Å². The molecule has 136 valence electrons. The average molecular weight is 352 g/mol. The van der Waals surface area contributed by atoms with Gasteiger partial charge in [0.2, 0.25) is 5.91 Å². The minimum absolute atomic E-state index is 0.0665. The van der Waals surface area contributed by atoms with Gasteiger partial charge in [0.15, 0.2) is 0 Å². The highest BCUT2D eigenvalue weighted by Crippen LogP contribution is 2.35. The number of rotatable bonds is 5. The predicted molar refractivity (Wildman–Crippen MR) is 99.4 cm³/mol. The second-order valence-corrected chi connectivity index (χ2v) is 7.08. The summed E-state index contributed by atoms with van der Waals surface area (Å²) in [5, 5.41) is 8.98. The Bertz CT molecular complexity index is 913. The molecule has 0 saturated carbocycles. The molecule has 3 heterocycles. The van der Waals surface area contributed by atoms with Crippen molar-refractivity contribution >= 4 is 16.9 Å². The van der Waals surface area contributed by atoms with E-state index in [-0.39, 0.29) is 11.9 Å². The van der Waals surface area contributed by atoms with Gasteiger partial charge in [0, 0.05) is 56.3 Å². The van der Waals surface area contributed by atoms with Crippen LogP contribution < -0.4 is 5.32 Å². The molecule has 3 aromatic rings. The number of para-hydroxylation sites is 1. The van der Waals surface area contributed by atoms with E-state index in [0.717, 1.165) is 41.6 Å². The Morgan fingerprint density at radius 1 is 1.31 bits per heavy atom. The minimum atomic E-state index is 0.0665. The molecular weight excluding hydrogens is 328 g/mol. The van der Waals surface area contributed by atoms with Crippen LogP contribution in [0.3, 0.4) is 0 Å². The zero-order valence-electron chi connectivity index (χ0n) is 15.2. The average Bonchev–Trinajstić information content (AvgIpc) is 3.27. The van der Waals surface area contributed by atoms with Gasteiger partial charge in [-0.1, -0.05) is 18.2 Å². The van der Waals surface area contributed by atoms with E-state index in [0.29, 0.717) is 12.3 Å². The molecule has 1 aliphatic rings. The number of nitrogens with one attached hydrogen (secondary N) is 1. The molecule has 0 bridgehead atoms. The lowest BCUT2D eigenvalue weighted by Gasteiger charge is -2.38. The van der Waals surface area contributed by atoms with Crippen LogP contribution >= 0.6 is 0 Å². The zero-order valence-corrected chi connectivity index (χ0v) is 15.2. The van der Waals surface area contributed by atoms with Crippen LogP contribution in [0.2, 0.25) is 0 Å². The number of hydrogen-bond acceptors (Lipinski definition) is 4. The van der Waals surface area contributed by atoms with Crippen molar-refractivity contribution in [2.45, 2.75) is 25.4 Å². The van der Waals surface area contributed by atoms with Gasteiger partial charge < -0.3 is 14.6 Å². The monoisotopic (exact) mass is 352 g/mol. The first-order valence-corrected chi connectivity index (χ1v) is 9.03. The molecule has 1 aromatic carbocycles. The lowest BCUT2D eigenvalue weighted by atomic mass is 9.85. The second kappa shape index (κ2) is 6.96. The standard InChI is InChI=1S/C20H24N4O2/c1-23-13-17(12-22-23)19-15(6-7-18(25)24(19)2)10-21-11-16-5-3-4-14-8-9-26-20(14)16/h3-5,8-9,12-13,15,19,21H,6-7,10-11H2,1-2H3/t15-,19+/m1/s1. The summed E-state index contributed by atoms with van der Waals surface area (Å²) in [5.41, 5.74) is 3.20. The Hall–Kier alpha value is -2.60. The minimum Gasteiger partial charge on any atom is -0.464 e. The van der Waals surface area contributed by atoms with Gasteiger partial charge in [-0.25, -0.2) is 0 Å². The molecule has 0 aliphatic carbocycles. The van der Waals surface area contributed by atoms with Crippen LogP contribution in [-0.4, -0.2) is 34.2 Å². The quantitative estimate of drug-likeness (QED) is 0.767. The normalized spacial score (nSPS) is 20.8. The number of likely N-dealkylation sites (tertiary alicyclic amines) is 1. The largest absolute Gasteiger partial charge is 0.464 e. The van der Waals surface area contributed by atoms with E-state index in [1.807, 2.05) is 37.5 Å². The van der Waals surface area contributed by atoms with Gasteiger partial charge in [-0.2, -0.15) is 5.10 Å². The molecule has 6 nitrogen and oxygen atoms in total. The summed E-state index contributed by atoms with van der Waals surface area (Å²) in [4.78, 5) is 14.1. The summed E-state index contributed by atoms with van der Waals surface area (Å²) in [7, 11) is 3.81. The van der Waals surface area contributed by atoms with Crippen molar-refractivity contribution in [3.05, 3.63) is 54.0 Å². The van der Waals surface area contributed by atoms with E-state index < -0.39 is 0 Å². The van der Waals surface area contributed by atoms with Crippen LogP contribution in [-0.2, 0) is 18.4 Å². The SMILES string of the molecule is CN1C(=O)CC[C@H](CNCc2cccc3ccoc23)[C@H]1c1cnn(C)c1. The maximum absolute atomic E-state index is 12.2. The van der Waals surface area contributed by atoms with Crippen molar-refractivity contribution in [1.29, 1.82) is 0 Å². The lowest BCUT2D eigenvalue weighted by Crippen LogP contribution is -2.43. The number of aromatic nitrogens is 2. The third-order valence-electron chi connectivity index (χ3n) is 5.34. The maximum Gasteiger partial charge on any atom is 0.222 e. The van der Waals surface area contributed by atoms with E-state index in [9.17, 15) is 4.79 Å². The number of aryl methyl sites for hydroxylation is 1. The van der Waals surface area contributed by atoms with E-state index >= 15 is 0 Å². The molecule has 4 rings (SSSR count). The molecule has 0 radical (unpaired) electrons. The van der Waals surface area contributed by atoms with Gasteiger partial charge >= 0.3 is 0 Å². The number of nitrogens with zero attached hydrogens (tertiary/aromatic N) is 3. The first-order chi connectivity index (χ1) is 12.6. The number of benzene rings is 1. The first kappa shape index (κ1) is 16.8. The van der Waals surface area contributed by atoms with Gasteiger partial charge in [0.1, 0.15) is 5.58 Å². The molecule has 1 saturated heterocycles. The van der Waals surface area contributed by atoms with E-state index in [2.05, 4.69) is 28.6 Å². The van der Waals surface area contributed by atoms with Crippen LogP contribution in [0.1, 0.15) is 30.0 Å². The van der Waals surface area contributed by atoms with Crippen LogP contribution in [0.4, 0.5) is 0 Å². The zero-order chi connectivity index (χ0) is 18.1. The van der Waals surface area contributed by atoms with Gasteiger partial charge in [-0.15, -0.1) is 0 Å². The number of hydrogen-bond donors (Lipinski definition) is 1. The number of amides is 1. The van der Waals surface area contributed by atoms with Crippen LogP contribution in [0.5, 0.6) is 0 Å². The molecule has 1 N–H and O–H groups in total. The molecule has 0 spiro atoms. The van der Waals surface area contributed by atoms with Crippen molar-refractivity contribution in [3.63, 3.8) is 0 Å². The number of piperidine rings is 1. The summed E-state index contributed by atoms with van der Waals surface area (Å²) < 4.78 is 7.41. The first-order valence-electron chi connectivity index (χ1n) is 9.03. The van der Waals surface area contributed by atoms with E-state index in [1.54, 1.807) is 10.9 Å². The molecule has 2 aromatic heterocycles. The molecule has 1 fully saturated rings. The number of fused-ring (bicyclic) bond motifs is 1. The number of furan rings is 1. The highest BCUT2D eigenvalue weighted by molar-refractivity contribution is 5.80. The molecule has 0 unspecified atom stereocenters. The lowest BCUT2D eigenvalue weighted by molar-refractivity contribution is -0.137. The molecular formula is C20H24N4O2. The van der Waals surface area contributed by atoms with Gasteiger partial charge in [-0.05, 0) is 18.4 Å². The molecule has 6 heteroatoms. The highest BCUT2D eigenvalue weighted by atomic mass is 16.3. The molecule has 2 atom stereocenters. The maximum atomic E-state index is 12.2. The van der Waals surface area contributed by atoms with Crippen molar-refractivity contribution in [2.75, 3.05) is 13.6 Å². The van der Waals surface area contributed by atoms with Crippen molar-refractivity contribution in [1.82, 2.24) is 20.0 Å². The summed E-state index contributed by atoms with van der Waals surface area (Å²) >= 11 is 0. The van der Waals surface area contributed by atoms with E-state index in [4.69, 9.17) is 4.42 Å². The van der Waals surface area contributed by atoms with Crippen LogP contribution in [0, 0.1) is 5.92 Å². The number of carbonyl (C=O) groups is 1. The van der Waals surface area contributed by atoms with Crippen molar-refractivity contribution < 1.29 is 9.21 Å². The van der Waals surface area contributed by atoms with Crippen LogP contribution in [0.15, 0.2) is 47.3 Å². The fourth-order valence-electron chi connectivity index (χ4n) is 4.00. The molecule has 1 amide bonds. The Morgan fingerprint density at radius 3 is 3.00 bits per heavy atom. The highest BCUT2D eigenvalue weighted by Gasteiger charge is 2.35.